The number of Topliss-reactive ketones (excluding diaryl/α,β-unsaturated/α-hetero) is 1. The first-order valence-corrected chi connectivity index (χ1v) is 8.03. The van der Waals surface area contributed by atoms with Crippen molar-refractivity contribution in [1.29, 1.82) is 0 Å². The molecule has 0 aliphatic heterocycles. The molecule has 1 N–H and O–H groups in total. The van der Waals surface area contributed by atoms with Crippen molar-refractivity contribution >= 4 is 29.3 Å². The van der Waals surface area contributed by atoms with Gasteiger partial charge in [0.25, 0.3) is 0 Å². The lowest BCUT2D eigenvalue weighted by atomic mass is 10.0. The molecule has 2 rings (SSSR count). The molecule has 0 aliphatic carbocycles. The van der Waals surface area contributed by atoms with E-state index in [1.54, 1.807) is 30.5 Å². The second kappa shape index (κ2) is 7.75. The van der Waals surface area contributed by atoms with Gasteiger partial charge in [0.15, 0.2) is 5.78 Å². The van der Waals surface area contributed by atoms with Gasteiger partial charge in [0, 0.05) is 22.6 Å². The molecular formula is C17H18N2O2S. The molecule has 1 heterocycles. The number of hydrogen-bond donors (Lipinski definition) is 1. The van der Waals surface area contributed by atoms with Gasteiger partial charge < -0.3 is 5.32 Å². The number of nitrogens with zero attached hydrogens (tertiary/aromatic N) is 1. The number of benzene rings is 1. The summed E-state index contributed by atoms with van der Waals surface area (Å²) >= 11 is 1.43. The minimum Gasteiger partial charge on any atom is -0.310 e. The minimum atomic E-state index is -0.106. The molecule has 0 aliphatic rings. The van der Waals surface area contributed by atoms with Gasteiger partial charge >= 0.3 is 0 Å². The van der Waals surface area contributed by atoms with E-state index in [0.29, 0.717) is 17.1 Å². The first-order valence-electron chi connectivity index (χ1n) is 7.04. The number of anilines is 1. The molecule has 0 atom stereocenters. The highest BCUT2D eigenvalue weighted by Gasteiger charge is 2.10. The fraction of sp³-hybridized carbons (Fsp3) is 0.235. The summed E-state index contributed by atoms with van der Waals surface area (Å²) in [5.74, 6) is 0.859. The zero-order chi connectivity index (χ0) is 15.9. The Morgan fingerprint density at radius 1 is 1.14 bits per heavy atom. The third kappa shape index (κ3) is 4.70. The molecule has 2 aromatic rings. The number of hydrogen-bond acceptors (Lipinski definition) is 4. The van der Waals surface area contributed by atoms with E-state index >= 15 is 0 Å². The third-order valence-electron chi connectivity index (χ3n) is 2.97. The minimum absolute atomic E-state index is 0.0114. The largest absolute Gasteiger partial charge is 0.310 e. The van der Waals surface area contributed by atoms with Gasteiger partial charge in [0.1, 0.15) is 5.82 Å². The van der Waals surface area contributed by atoms with Gasteiger partial charge in [0.05, 0.1) is 5.75 Å². The second-order valence-electron chi connectivity index (χ2n) is 5.10. The van der Waals surface area contributed by atoms with Crippen LogP contribution in [0, 0.1) is 5.92 Å². The maximum Gasteiger partial charge on any atom is 0.235 e. The van der Waals surface area contributed by atoms with E-state index in [1.165, 1.54) is 11.8 Å². The van der Waals surface area contributed by atoms with E-state index in [1.807, 2.05) is 32.0 Å². The molecule has 0 fully saturated rings. The molecular weight excluding hydrogens is 296 g/mol. The SMILES string of the molecule is CC(C)C(=O)c1ccc(SCC(=O)Nc2ccccn2)cc1. The molecule has 1 amide bonds. The lowest BCUT2D eigenvalue weighted by molar-refractivity contribution is -0.113. The lowest BCUT2D eigenvalue weighted by Crippen LogP contribution is -2.14. The van der Waals surface area contributed by atoms with Crippen LogP contribution in [0.2, 0.25) is 0 Å². The maximum atomic E-state index is 11.8. The van der Waals surface area contributed by atoms with Gasteiger partial charge in [-0.2, -0.15) is 0 Å². The Hall–Kier alpha value is -2.14. The Morgan fingerprint density at radius 2 is 1.86 bits per heavy atom. The first kappa shape index (κ1) is 16.2. The smallest absolute Gasteiger partial charge is 0.235 e. The average Bonchev–Trinajstić information content (AvgIpc) is 2.53. The monoisotopic (exact) mass is 314 g/mol. The number of amides is 1. The van der Waals surface area contributed by atoms with Crippen molar-refractivity contribution in [3.05, 3.63) is 54.2 Å². The van der Waals surface area contributed by atoms with Crippen LogP contribution < -0.4 is 5.32 Å². The summed E-state index contributed by atoms with van der Waals surface area (Å²) < 4.78 is 0. The molecule has 114 valence electrons. The molecule has 5 heteroatoms. The summed E-state index contributed by atoms with van der Waals surface area (Å²) in [7, 11) is 0. The predicted molar refractivity (Wildman–Crippen MR) is 89.2 cm³/mol. The van der Waals surface area contributed by atoms with Crippen LogP contribution in [0.5, 0.6) is 0 Å². The normalized spacial score (nSPS) is 10.5. The second-order valence-corrected chi connectivity index (χ2v) is 6.14. The Balaban J connectivity index is 1.86. The van der Waals surface area contributed by atoms with Crippen LogP contribution in [-0.2, 0) is 4.79 Å². The first-order chi connectivity index (χ1) is 10.6. The van der Waals surface area contributed by atoms with Crippen LogP contribution in [0.4, 0.5) is 5.82 Å². The quantitative estimate of drug-likeness (QED) is 0.653. The summed E-state index contributed by atoms with van der Waals surface area (Å²) in [4.78, 5) is 28.7. The Kier molecular flexibility index (Phi) is 5.72. The van der Waals surface area contributed by atoms with Crippen LogP contribution in [0.1, 0.15) is 24.2 Å². The number of nitrogens with one attached hydrogen (secondary N) is 1. The Labute approximate surface area is 134 Å². The van der Waals surface area contributed by atoms with E-state index in [0.717, 1.165) is 4.90 Å². The number of thioether (sulfide) groups is 1. The number of ketones is 1. The van der Waals surface area contributed by atoms with Crippen molar-refractivity contribution in [3.63, 3.8) is 0 Å². The van der Waals surface area contributed by atoms with E-state index in [-0.39, 0.29) is 17.6 Å². The molecule has 0 saturated heterocycles. The number of pyridine rings is 1. The van der Waals surface area contributed by atoms with Crippen LogP contribution in [0.3, 0.4) is 0 Å². The maximum absolute atomic E-state index is 11.8. The van der Waals surface area contributed by atoms with Gasteiger partial charge in [-0.1, -0.05) is 32.0 Å². The number of rotatable bonds is 6. The summed E-state index contributed by atoms with van der Waals surface area (Å²) in [6.45, 7) is 3.76. The van der Waals surface area contributed by atoms with Crippen molar-refractivity contribution in [2.24, 2.45) is 5.92 Å². The van der Waals surface area contributed by atoms with Crippen LogP contribution in [0.15, 0.2) is 53.6 Å². The van der Waals surface area contributed by atoms with Crippen molar-refractivity contribution in [2.75, 3.05) is 11.1 Å². The molecule has 0 unspecified atom stereocenters. The Bertz CT molecular complexity index is 639. The van der Waals surface area contributed by atoms with Crippen molar-refractivity contribution in [2.45, 2.75) is 18.7 Å². The fourth-order valence-electron chi connectivity index (χ4n) is 1.81. The fourth-order valence-corrected chi connectivity index (χ4v) is 2.51. The number of carbonyl (C=O) groups excluding carboxylic acids is 2. The molecule has 0 radical (unpaired) electrons. The van der Waals surface area contributed by atoms with E-state index in [2.05, 4.69) is 10.3 Å². The number of aromatic nitrogens is 1. The van der Waals surface area contributed by atoms with Crippen molar-refractivity contribution in [3.8, 4) is 0 Å². The van der Waals surface area contributed by atoms with Crippen LogP contribution in [0.25, 0.3) is 0 Å². The van der Waals surface area contributed by atoms with E-state index in [9.17, 15) is 9.59 Å². The topological polar surface area (TPSA) is 59.1 Å². The van der Waals surface area contributed by atoms with Gasteiger partial charge in [-0.25, -0.2) is 4.98 Å². The number of carbonyl (C=O) groups is 2. The highest BCUT2D eigenvalue weighted by molar-refractivity contribution is 8.00. The highest BCUT2D eigenvalue weighted by Crippen LogP contribution is 2.20. The van der Waals surface area contributed by atoms with Gasteiger partial charge in [-0.15, -0.1) is 11.8 Å². The standard InChI is InChI=1S/C17H18N2O2S/c1-12(2)17(21)13-6-8-14(9-7-13)22-11-16(20)19-15-5-3-4-10-18-15/h3-10,12H,11H2,1-2H3,(H,18,19,20). The average molecular weight is 314 g/mol. The van der Waals surface area contributed by atoms with Crippen molar-refractivity contribution < 1.29 is 9.59 Å². The van der Waals surface area contributed by atoms with Gasteiger partial charge in [-0.3, -0.25) is 9.59 Å². The van der Waals surface area contributed by atoms with Gasteiger partial charge in [-0.05, 0) is 24.3 Å². The van der Waals surface area contributed by atoms with Crippen LogP contribution >= 0.6 is 11.8 Å². The molecule has 1 aromatic heterocycles. The van der Waals surface area contributed by atoms with Gasteiger partial charge in [0.2, 0.25) is 5.91 Å². The van der Waals surface area contributed by atoms with Crippen LogP contribution in [-0.4, -0.2) is 22.4 Å². The summed E-state index contributed by atoms with van der Waals surface area (Å²) in [5.41, 5.74) is 0.706. The zero-order valence-corrected chi connectivity index (χ0v) is 13.4. The predicted octanol–water partition coefficient (Wildman–Crippen LogP) is 3.65. The summed E-state index contributed by atoms with van der Waals surface area (Å²) in [6, 6.07) is 12.7. The molecule has 1 aromatic carbocycles. The molecule has 22 heavy (non-hydrogen) atoms. The molecule has 0 bridgehead atoms. The lowest BCUT2D eigenvalue weighted by Gasteiger charge is -2.06. The summed E-state index contributed by atoms with van der Waals surface area (Å²) in [5, 5.41) is 2.73. The molecule has 0 saturated carbocycles. The molecule has 4 nitrogen and oxygen atoms in total. The third-order valence-corrected chi connectivity index (χ3v) is 3.98. The van der Waals surface area contributed by atoms with Crippen molar-refractivity contribution in [1.82, 2.24) is 4.98 Å². The van der Waals surface area contributed by atoms with E-state index in [4.69, 9.17) is 0 Å². The molecule has 0 spiro atoms. The zero-order valence-electron chi connectivity index (χ0n) is 12.6. The Morgan fingerprint density at radius 3 is 2.45 bits per heavy atom. The summed E-state index contributed by atoms with van der Waals surface area (Å²) in [6.07, 6.45) is 1.63. The highest BCUT2D eigenvalue weighted by atomic mass is 32.2. The van der Waals surface area contributed by atoms with E-state index < -0.39 is 0 Å².